The number of likely N-dealkylation sites (N-methyl/N-ethyl adjacent to an activating group) is 1. The lowest BCUT2D eigenvalue weighted by atomic mass is 10.1. The van der Waals surface area contributed by atoms with Crippen molar-refractivity contribution in [2.24, 2.45) is 4.99 Å². The van der Waals surface area contributed by atoms with Gasteiger partial charge >= 0.3 is 6.09 Å². The first kappa shape index (κ1) is 13.2. The van der Waals surface area contributed by atoms with Gasteiger partial charge in [-0.05, 0) is 24.6 Å². The number of carbonyl (C=O) groups excluding carboxylic acids is 1. The zero-order valence-electron chi connectivity index (χ0n) is 11.0. The summed E-state index contributed by atoms with van der Waals surface area (Å²) in [5, 5.41) is 12.1. The molecule has 0 aromatic heterocycles. The molecule has 2 N–H and O–H groups in total. The summed E-state index contributed by atoms with van der Waals surface area (Å²) >= 11 is 0. The van der Waals surface area contributed by atoms with Gasteiger partial charge in [-0.1, -0.05) is 12.1 Å². The third-order valence-electron chi connectivity index (χ3n) is 3.06. The number of carbonyl (C=O) groups is 1. The largest absolute Gasteiger partial charge is 0.508 e. The Balaban J connectivity index is 2.16. The minimum absolute atomic E-state index is 0.0178. The number of hydrogen-bond donors (Lipinski definition) is 2. The molecule has 102 valence electrons. The summed E-state index contributed by atoms with van der Waals surface area (Å²) in [4.78, 5) is 17.5. The van der Waals surface area contributed by atoms with Crippen LogP contribution in [-0.2, 0) is 4.74 Å². The van der Waals surface area contributed by atoms with Gasteiger partial charge in [-0.3, -0.25) is 10.3 Å². The van der Waals surface area contributed by atoms with E-state index in [9.17, 15) is 9.90 Å². The Kier molecular flexibility index (Phi) is 3.89. The van der Waals surface area contributed by atoms with Gasteiger partial charge in [-0.25, -0.2) is 4.79 Å². The second-order valence-corrected chi connectivity index (χ2v) is 4.18. The summed E-state index contributed by atoms with van der Waals surface area (Å²) in [7, 11) is 1.31. The number of nitrogens with one attached hydrogen (secondary N) is 1. The van der Waals surface area contributed by atoms with Gasteiger partial charge < -0.3 is 14.7 Å². The summed E-state index contributed by atoms with van der Waals surface area (Å²) in [5.74, 6) is 0.727. The number of rotatable bonds is 2. The topological polar surface area (TPSA) is 74.2 Å². The zero-order chi connectivity index (χ0) is 13.8. The van der Waals surface area contributed by atoms with E-state index >= 15 is 0 Å². The molecular weight excluding hydrogens is 246 g/mol. The summed E-state index contributed by atoms with van der Waals surface area (Å²) in [6.07, 6.45) is -0.534. The zero-order valence-corrected chi connectivity index (χ0v) is 11.0. The van der Waals surface area contributed by atoms with Crippen molar-refractivity contribution in [1.29, 1.82) is 0 Å². The van der Waals surface area contributed by atoms with E-state index in [1.165, 1.54) is 7.11 Å². The lowest BCUT2D eigenvalue weighted by Crippen LogP contribution is -2.42. The molecule has 2 rings (SSSR count). The fraction of sp³-hybridized carbons (Fsp3) is 0.385. The third kappa shape index (κ3) is 2.78. The van der Waals surface area contributed by atoms with E-state index in [2.05, 4.69) is 15.0 Å². The van der Waals surface area contributed by atoms with E-state index in [4.69, 9.17) is 0 Å². The summed E-state index contributed by atoms with van der Waals surface area (Å²) in [5.41, 5.74) is 0.965. The van der Waals surface area contributed by atoms with Crippen molar-refractivity contribution in [3.05, 3.63) is 29.8 Å². The van der Waals surface area contributed by atoms with Crippen LogP contribution < -0.4 is 5.32 Å². The van der Waals surface area contributed by atoms with Crippen LogP contribution in [0.3, 0.4) is 0 Å². The SMILES string of the molecule is CCN1C(NC(=O)OC)=NCC1c1cccc(O)c1. The molecule has 1 heterocycles. The number of phenols is 1. The molecule has 6 nitrogen and oxygen atoms in total. The van der Waals surface area contributed by atoms with Crippen molar-refractivity contribution >= 4 is 12.1 Å². The number of amides is 1. The average Bonchev–Trinajstić information content (AvgIpc) is 2.81. The van der Waals surface area contributed by atoms with Crippen molar-refractivity contribution in [2.45, 2.75) is 13.0 Å². The Hall–Kier alpha value is -2.24. The van der Waals surface area contributed by atoms with Crippen molar-refractivity contribution in [3.63, 3.8) is 0 Å². The Morgan fingerprint density at radius 1 is 1.63 bits per heavy atom. The maximum atomic E-state index is 11.2. The van der Waals surface area contributed by atoms with Crippen LogP contribution in [-0.4, -0.2) is 42.3 Å². The molecule has 1 atom stereocenters. The van der Waals surface area contributed by atoms with E-state index in [1.807, 2.05) is 17.9 Å². The number of benzene rings is 1. The number of methoxy groups -OCH3 is 1. The smallest absolute Gasteiger partial charge is 0.413 e. The highest BCUT2D eigenvalue weighted by molar-refractivity contribution is 5.95. The van der Waals surface area contributed by atoms with E-state index in [0.29, 0.717) is 19.0 Å². The molecule has 1 aromatic carbocycles. The summed E-state index contributed by atoms with van der Waals surface area (Å²) in [6, 6.07) is 7.09. The van der Waals surface area contributed by atoms with E-state index < -0.39 is 6.09 Å². The number of alkyl carbamates (subject to hydrolysis) is 1. The average molecular weight is 263 g/mol. The highest BCUT2D eigenvalue weighted by Crippen LogP contribution is 2.27. The predicted octanol–water partition coefficient (Wildman–Crippen LogP) is 1.48. The van der Waals surface area contributed by atoms with E-state index in [-0.39, 0.29) is 11.8 Å². The standard InChI is InChI=1S/C13H17N3O3/c1-3-16-11(9-5-4-6-10(17)7-9)8-14-12(16)15-13(18)19-2/h4-7,11,17H,3,8H2,1-2H3,(H,14,15,18). The third-order valence-corrected chi connectivity index (χ3v) is 3.06. The van der Waals surface area contributed by atoms with Crippen molar-refractivity contribution < 1.29 is 14.6 Å². The molecule has 0 radical (unpaired) electrons. The molecule has 1 unspecified atom stereocenters. The quantitative estimate of drug-likeness (QED) is 0.847. The monoisotopic (exact) mass is 263 g/mol. The van der Waals surface area contributed by atoms with Crippen molar-refractivity contribution in [2.75, 3.05) is 20.2 Å². The van der Waals surface area contributed by atoms with Gasteiger partial charge in [0.15, 0.2) is 0 Å². The highest BCUT2D eigenvalue weighted by atomic mass is 16.5. The van der Waals surface area contributed by atoms with Crippen LogP contribution in [0, 0.1) is 0 Å². The van der Waals surface area contributed by atoms with Crippen LogP contribution in [0.25, 0.3) is 0 Å². The molecule has 0 saturated heterocycles. The van der Waals surface area contributed by atoms with Gasteiger partial charge in [0.25, 0.3) is 0 Å². The number of nitrogens with zero attached hydrogens (tertiary/aromatic N) is 2. The molecule has 6 heteroatoms. The predicted molar refractivity (Wildman–Crippen MR) is 71.1 cm³/mol. The van der Waals surface area contributed by atoms with Gasteiger partial charge in [0.2, 0.25) is 5.96 Å². The highest BCUT2D eigenvalue weighted by Gasteiger charge is 2.29. The first-order valence-electron chi connectivity index (χ1n) is 6.10. The summed E-state index contributed by atoms with van der Waals surface area (Å²) < 4.78 is 4.57. The number of aliphatic imine (C=N–C) groups is 1. The van der Waals surface area contributed by atoms with Crippen molar-refractivity contribution in [1.82, 2.24) is 10.2 Å². The minimum atomic E-state index is -0.534. The van der Waals surface area contributed by atoms with Gasteiger partial charge in [-0.2, -0.15) is 0 Å². The molecule has 0 aliphatic carbocycles. The maximum Gasteiger partial charge on any atom is 0.413 e. The molecule has 19 heavy (non-hydrogen) atoms. The number of hydrogen-bond acceptors (Lipinski definition) is 5. The molecule has 1 aliphatic rings. The second-order valence-electron chi connectivity index (χ2n) is 4.18. The van der Waals surface area contributed by atoms with Crippen LogP contribution >= 0.6 is 0 Å². The molecule has 1 amide bonds. The van der Waals surface area contributed by atoms with E-state index in [0.717, 1.165) is 5.56 Å². The number of phenolic OH excluding ortho intramolecular Hbond substituents is 1. The van der Waals surface area contributed by atoms with Crippen LogP contribution in [0.1, 0.15) is 18.5 Å². The van der Waals surface area contributed by atoms with Crippen LogP contribution in [0.5, 0.6) is 5.75 Å². The number of aromatic hydroxyl groups is 1. The first-order valence-corrected chi connectivity index (χ1v) is 6.10. The van der Waals surface area contributed by atoms with Crippen molar-refractivity contribution in [3.8, 4) is 5.75 Å². The van der Waals surface area contributed by atoms with Gasteiger partial charge in [0, 0.05) is 6.54 Å². The molecule has 1 aromatic rings. The minimum Gasteiger partial charge on any atom is -0.508 e. The maximum absolute atomic E-state index is 11.2. The Morgan fingerprint density at radius 3 is 3.05 bits per heavy atom. The molecule has 0 bridgehead atoms. The molecule has 1 aliphatic heterocycles. The molecule has 0 saturated carbocycles. The Morgan fingerprint density at radius 2 is 2.42 bits per heavy atom. The lowest BCUT2D eigenvalue weighted by Gasteiger charge is -2.26. The molecular formula is C13H17N3O3. The van der Waals surface area contributed by atoms with Gasteiger partial charge in [-0.15, -0.1) is 0 Å². The fourth-order valence-corrected chi connectivity index (χ4v) is 2.15. The first-order chi connectivity index (χ1) is 9.15. The Bertz CT molecular complexity index is 502. The summed E-state index contributed by atoms with van der Waals surface area (Å²) in [6.45, 7) is 3.22. The van der Waals surface area contributed by atoms with Crippen LogP contribution in [0.2, 0.25) is 0 Å². The lowest BCUT2D eigenvalue weighted by molar-refractivity contribution is 0.175. The van der Waals surface area contributed by atoms with Gasteiger partial charge in [0.05, 0.1) is 19.7 Å². The number of guanidine groups is 1. The van der Waals surface area contributed by atoms with Crippen LogP contribution in [0.4, 0.5) is 4.79 Å². The molecule has 0 fully saturated rings. The Labute approximate surface area is 111 Å². The normalized spacial score (nSPS) is 18.1. The second kappa shape index (κ2) is 5.60. The fourth-order valence-electron chi connectivity index (χ4n) is 2.15. The molecule has 0 spiro atoms. The van der Waals surface area contributed by atoms with Crippen LogP contribution in [0.15, 0.2) is 29.3 Å². The number of ether oxygens (including phenoxy) is 1. The van der Waals surface area contributed by atoms with Gasteiger partial charge in [0.1, 0.15) is 5.75 Å². The van der Waals surface area contributed by atoms with E-state index in [1.54, 1.807) is 18.2 Å².